The lowest BCUT2D eigenvalue weighted by Crippen LogP contribution is -2.01. The van der Waals surface area contributed by atoms with Crippen molar-refractivity contribution in [3.63, 3.8) is 0 Å². The van der Waals surface area contributed by atoms with E-state index in [0.717, 1.165) is 13.0 Å². The summed E-state index contributed by atoms with van der Waals surface area (Å²) >= 11 is 0. The molecule has 0 spiro atoms. The summed E-state index contributed by atoms with van der Waals surface area (Å²) in [6, 6.07) is 0. The molecule has 0 aromatic heterocycles. The molecule has 0 aliphatic carbocycles. The van der Waals surface area contributed by atoms with Crippen LogP contribution in [0, 0.1) is 0 Å². The van der Waals surface area contributed by atoms with Gasteiger partial charge in [-0.1, -0.05) is 90.4 Å². The van der Waals surface area contributed by atoms with Gasteiger partial charge in [-0.25, -0.2) is 0 Å². The molecule has 23 heavy (non-hydrogen) atoms. The van der Waals surface area contributed by atoms with E-state index in [9.17, 15) is 4.79 Å². The first-order valence-corrected chi connectivity index (χ1v) is 10.1. The highest BCUT2D eigenvalue weighted by molar-refractivity contribution is 5.66. The van der Waals surface area contributed by atoms with Crippen LogP contribution in [0.1, 0.15) is 110 Å². The Morgan fingerprint density at radius 1 is 0.652 bits per heavy atom. The second kappa shape index (κ2) is 19.5. The van der Waals surface area contributed by atoms with Gasteiger partial charge < -0.3 is 9.84 Å². The predicted octanol–water partition coefficient (Wildman–Crippen LogP) is 6.35. The maximum atomic E-state index is 10.3. The van der Waals surface area contributed by atoms with Crippen molar-refractivity contribution in [1.29, 1.82) is 0 Å². The quantitative estimate of drug-likeness (QED) is 0.281. The number of hydrogen-bond donors (Lipinski definition) is 1. The van der Waals surface area contributed by atoms with Crippen molar-refractivity contribution >= 4 is 5.97 Å². The van der Waals surface area contributed by atoms with Crippen molar-refractivity contribution in [2.24, 2.45) is 0 Å². The minimum Gasteiger partial charge on any atom is -0.481 e. The first-order chi connectivity index (χ1) is 11.3. The SMILES string of the molecule is CCCCCCCCCCCCCCCCOCCCC(=O)O. The fourth-order valence-electron chi connectivity index (χ4n) is 2.83. The maximum absolute atomic E-state index is 10.3. The number of ether oxygens (including phenoxy) is 1. The number of rotatable bonds is 19. The summed E-state index contributed by atoms with van der Waals surface area (Å²) in [4.78, 5) is 10.3. The third-order valence-electron chi connectivity index (χ3n) is 4.32. The number of carboxylic acids is 1. The number of carbonyl (C=O) groups is 1. The van der Waals surface area contributed by atoms with Crippen molar-refractivity contribution in [1.82, 2.24) is 0 Å². The molecule has 0 saturated heterocycles. The van der Waals surface area contributed by atoms with Crippen molar-refractivity contribution < 1.29 is 14.6 Å². The molecule has 0 saturated carbocycles. The van der Waals surface area contributed by atoms with Gasteiger partial charge >= 0.3 is 5.97 Å². The van der Waals surface area contributed by atoms with Crippen LogP contribution in [0.2, 0.25) is 0 Å². The van der Waals surface area contributed by atoms with Gasteiger partial charge in [-0.05, 0) is 12.8 Å². The second-order valence-corrected chi connectivity index (χ2v) is 6.71. The van der Waals surface area contributed by atoms with E-state index in [1.54, 1.807) is 0 Å². The van der Waals surface area contributed by atoms with Crippen LogP contribution in [0.25, 0.3) is 0 Å². The van der Waals surface area contributed by atoms with Crippen molar-refractivity contribution in [2.45, 2.75) is 110 Å². The molecular formula is C20H40O3. The van der Waals surface area contributed by atoms with E-state index < -0.39 is 5.97 Å². The zero-order valence-corrected chi connectivity index (χ0v) is 15.5. The lowest BCUT2D eigenvalue weighted by molar-refractivity contribution is -0.137. The number of unbranched alkanes of at least 4 members (excludes halogenated alkanes) is 13. The van der Waals surface area contributed by atoms with Crippen LogP contribution in [0.3, 0.4) is 0 Å². The number of aliphatic carboxylic acids is 1. The molecular weight excluding hydrogens is 288 g/mol. The Kier molecular flexibility index (Phi) is 19.0. The molecule has 0 aliphatic heterocycles. The van der Waals surface area contributed by atoms with E-state index >= 15 is 0 Å². The summed E-state index contributed by atoms with van der Waals surface area (Å²) in [5, 5.41) is 8.49. The highest BCUT2D eigenvalue weighted by Crippen LogP contribution is 2.12. The van der Waals surface area contributed by atoms with Crippen molar-refractivity contribution in [3.05, 3.63) is 0 Å². The fraction of sp³-hybridized carbons (Fsp3) is 0.950. The molecule has 0 heterocycles. The van der Waals surface area contributed by atoms with E-state index in [0.29, 0.717) is 13.0 Å². The van der Waals surface area contributed by atoms with Gasteiger partial charge in [0.15, 0.2) is 0 Å². The minimum absolute atomic E-state index is 0.221. The van der Waals surface area contributed by atoms with Crippen LogP contribution in [0.4, 0.5) is 0 Å². The Balaban J connectivity index is 2.96. The Morgan fingerprint density at radius 3 is 1.48 bits per heavy atom. The summed E-state index contributed by atoms with van der Waals surface area (Å²) in [6.07, 6.45) is 20.0. The summed E-state index contributed by atoms with van der Waals surface area (Å²) in [5.41, 5.74) is 0. The smallest absolute Gasteiger partial charge is 0.303 e. The lowest BCUT2D eigenvalue weighted by atomic mass is 10.0. The van der Waals surface area contributed by atoms with Gasteiger partial charge in [0.05, 0.1) is 0 Å². The van der Waals surface area contributed by atoms with Crippen LogP contribution in [0.5, 0.6) is 0 Å². The Bertz CT molecular complexity index is 241. The fourth-order valence-corrected chi connectivity index (χ4v) is 2.83. The minimum atomic E-state index is -0.731. The van der Waals surface area contributed by atoms with Gasteiger partial charge in [0.2, 0.25) is 0 Å². The average molecular weight is 329 g/mol. The highest BCUT2D eigenvalue weighted by atomic mass is 16.5. The third kappa shape index (κ3) is 21.4. The first-order valence-electron chi connectivity index (χ1n) is 10.1. The van der Waals surface area contributed by atoms with Gasteiger partial charge in [-0.3, -0.25) is 4.79 Å². The lowest BCUT2D eigenvalue weighted by Gasteiger charge is -2.04. The Labute approximate surface area is 144 Å². The normalized spacial score (nSPS) is 11.0. The summed E-state index contributed by atoms with van der Waals surface area (Å²) in [6.45, 7) is 3.65. The van der Waals surface area contributed by atoms with E-state index in [4.69, 9.17) is 9.84 Å². The van der Waals surface area contributed by atoms with Gasteiger partial charge in [0.25, 0.3) is 0 Å². The van der Waals surface area contributed by atoms with Crippen LogP contribution < -0.4 is 0 Å². The molecule has 0 unspecified atom stereocenters. The molecule has 0 aromatic rings. The Hall–Kier alpha value is -0.570. The monoisotopic (exact) mass is 328 g/mol. The number of hydrogen-bond acceptors (Lipinski definition) is 2. The summed E-state index contributed by atoms with van der Waals surface area (Å²) in [5.74, 6) is -0.731. The van der Waals surface area contributed by atoms with Gasteiger partial charge in [0.1, 0.15) is 0 Å². The van der Waals surface area contributed by atoms with E-state index in [1.165, 1.54) is 83.5 Å². The molecule has 0 rings (SSSR count). The molecule has 1 N–H and O–H groups in total. The van der Waals surface area contributed by atoms with Crippen LogP contribution in [0.15, 0.2) is 0 Å². The Morgan fingerprint density at radius 2 is 1.04 bits per heavy atom. The standard InChI is InChI=1S/C20H40O3/c1-2-3-4-5-6-7-8-9-10-11-12-13-14-15-18-23-19-16-17-20(21)22/h2-19H2,1H3,(H,21,22). The van der Waals surface area contributed by atoms with Crippen molar-refractivity contribution in [2.75, 3.05) is 13.2 Å². The predicted molar refractivity (Wildman–Crippen MR) is 98.0 cm³/mol. The van der Waals surface area contributed by atoms with Crippen LogP contribution >= 0.6 is 0 Å². The second-order valence-electron chi connectivity index (χ2n) is 6.71. The average Bonchev–Trinajstić information content (AvgIpc) is 2.53. The topological polar surface area (TPSA) is 46.5 Å². The van der Waals surface area contributed by atoms with E-state index in [-0.39, 0.29) is 6.42 Å². The van der Waals surface area contributed by atoms with Crippen molar-refractivity contribution in [3.8, 4) is 0 Å². The number of carboxylic acid groups (broad SMARTS) is 1. The molecule has 3 heteroatoms. The molecule has 3 nitrogen and oxygen atoms in total. The maximum Gasteiger partial charge on any atom is 0.303 e. The van der Waals surface area contributed by atoms with E-state index in [1.807, 2.05) is 0 Å². The molecule has 138 valence electrons. The molecule has 0 aromatic carbocycles. The highest BCUT2D eigenvalue weighted by Gasteiger charge is 1.97. The molecule has 0 bridgehead atoms. The molecule has 0 aliphatic rings. The van der Waals surface area contributed by atoms with Gasteiger partial charge in [-0.2, -0.15) is 0 Å². The van der Waals surface area contributed by atoms with Gasteiger partial charge in [-0.15, -0.1) is 0 Å². The largest absolute Gasteiger partial charge is 0.481 e. The van der Waals surface area contributed by atoms with Crippen LogP contribution in [-0.2, 0) is 9.53 Å². The summed E-state index contributed by atoms with van der Waals surface area (Å²) < 4.78 is 5.43. The molecule has 0 fully saturated rings. The van der Waals surface area contributed by atoms with E-state index in [2.05, 4.69) is 6.92 Å². The van der Waals surface area contributed by atoms with Gasteiger partial charge in [0, 0.05) is 19.6 Å². The molecule has 0 atom stereocenters. The first kappa shape index (κ1) is 22.4. The molecule has 0 radical (unpaired) electrons. The van der Waals surface area contributed by atoms with Crippen LogP contribution in [-0.4, -0.2) is 24.3 Å². The molecule has 0 amide bonds. The zero-order valence-electron chi connectivity index (χ0n) is 15.5. The summed E-state index contributed by atoms with van der Waals surface area (Å²) in [7, 11) is 0. The third-order valence-corrected chi connectivity index (χ3v) is 4.32. The zero-order chi connectivity index (χ0) is 17.0.